The van der Waals surface area contributed by atoms with Crippen LogP contribution in [0.2, 0.25) is 0 Å². The third kappa shape index (κ3) is 57.7. The summed E-state index contributed by atoms with van der Waals surface area (Å²) in [5.74, 6) is -2.02. The fraction of sp³-hybridized carbons (Fsp3) is 0.712. The Labute approximate surface area is 461 Å². The fourth-order valence-electron chi connectivity index (χ4n) is 8.16. The van der Waals surface area contributed by atoms with E-state index in [0.29, 0.717) is 23.9 Å². The largest absolute Gasteiger partial charge is 0.477 e. The highest BCUT2D eigenvalue weighted by Gasteiger charge is 2.25. The molecule has 0 bridgehead atoms. The molecule has 0 aromatic heterocycles. The Morgan fingerprint density at radius 3 is 1.13 bits per heavy atom. The van der Waals surface area contributed by atoms with E-state index in [4.69, 9.17) is 18.9 Å². The van der Waals surface area contributed by atoms with Crippen LogP contribution in [0.5, 0.6) is 0 Å². The van der Waals surface area contributed by atoms with Crippen LogP contribution in [-0.4, -0.2) is 87.4 Å². The second-order valence-corrected chi connectivity index (χ2v) is 21.3. The number of allylic oxidation sites excluding steroid dienone is 16. The summed E-state index contributed by atoms with van der Waals surface area (Å²) < 4.78 is 22.9. The summed E-state index contributed by atoms with van der Waals surface area (Å²) in [4.78, 5) is 37.5. The molecule has 75 heavy (non-hydrogen) atoms. The van der Waals surface area contributed by atoms with Crippen LogP contribution in [0.3, 0.4) is 0 Å². The number of carbonyl (C=O) groups excluding carboxylic acids is 2. The van der Waals surface area contributed by atoms with Gasteiger partial charge < -0.3 is 28.5 Å². The number of likely N-dealkylation sites (N-methyl/N-ethyl adjacent to an activating group) is 1. The van der Waals surface area contributed by atoms with Crippen molar-refractivity contribution >= 4 is 17.9 Å². The van der Waals surface area contributed by atoms with E-state index in [9.17, 15) is 19.5 Å². The van der Waals surface area contributed by atoms with Crippen molar-refractivity contribution in [2.75, 3.05) is 47.5 Å². The van der Waals surface area contributed by atoms with Gasteiger partial charge in [0.05, 0.1) is 34.4 Å². The topological polar surface area (TPSA) is 108 Å². The van der Waals surface area contributed by atoms with Crippen molar-refractivity contribution < 1.29 is 42.9 Å². The predicted octanol–water partition coefficient (Wildman–Crippen LogP) is 18.1. The monoisotopic (exact) mass is 1050 g/mol. The summed E-state index contributed by atoms with van der Waals surface area (Å²) in [6.45, 7) is 4.75. The molecule has 9 nitrogen and oxygen atoms in total. The van der Waals surface area contributed by atoms with Gasteiger partial charge in [-0.3, -0.25) is 9.59 Å². The second-order valence-electron chi connectivity index (χ2n) is 21.3. The molecular weight excluding hydrogens is 935 g/mol. The number of aliphatic carboxylic acids is 1. The van der Waals surface area contributed by atoms with Crippen LogP contribution in [0.25, 0.3) is 0 Å². The van der Waals surface area contributed by atoms with Crippen LogP contribution < -0.4 is 0 Å². The van der Waals surface area contributed by atoms with E-state index in [-0.39, 0.29) is 32.2 Å². The number of nitrogens with zero attached hydrogens (tertiary/aromatic N) is 1. The smallest absolute Gasteiger partial charge is 0.361 e. The predicted molar refractivity (Wildman–Crippen MR) is 318 cm³/mol. The van der Waals surface area contributed by atoms with Crippen LogP contribution >= 0.6 is 0 Å². The lowest BCUT2D eigenvalue weighted by Gasteiger charge is -2.25. The van der Waals surface area contributed by atoms with Gasteiger partial charge in [-0.1, -0.05) is 233 Å². The van der Waals surface area contributed by atoms with Crippen LogP contribution in [0, 0.1) is 0 Å². The maximum atomic E-state index is 12.9. The lowest BCUT2D eigenvalue weighted by atomic mass is 10.0. The number of carboxylic acids is 1. The van der Waals surface area contributed by atoms with Crippen molar-refractivity contribution in [2.24, 2.45) is 0 Å². The van der Waals surface area contributed by atoms with Gasteiger partial charge in [0.15, 0.2) is 6.10 Å². The minimum absolute atomic E-state index is 0.182. The maximum absolute atomic E-state index is 12.9. The molecule has 9 heteroatoms. The summed E-state index contributed by atoms with van der Waals surface area (Å²) in [5.41, 5.74) is 0. The molecule has 0 saturated heterocycles. The van der Waals surface area contributed by atoms with Crippen molar-refractivity contribution in [3.05, 3.63) is 97.2 Å². The number of rotatable bonds is 55. The molecule has 2 atom stereocenters. The Hall–Kier alpha value is -3.79. The number of hydrogen-bond donors (Lipinski definition) is 1. The molecule has 0 aliphatic carbocycles. The molecule has 0 amide bonds. The molecule has 0 heterocycles. The number of esters is 2. The maximum Gasteiger partial charge on any atom is 0.361 e. The summed E-state index contributed by atoms with van der Waals surface area (Å²) in [5, 5.41) is 9.72. The van der Waals surface area contributed by atoms with Crippen molar-refractivity contribution in [2.45, 2.75) is 257 Å². The molecule has 0 aromatic carbocycles. The Balaban J connectivity index is 4.25. The second kappa shape index (κ2) is 56.4. The SMILES string of the molecule is CC/C=C\C/C=C\C/C=C\C/C=C\C/C=C\C/C=C\CCCCCCCCCCCCC(=O)OC(COC(=O)CCCCCCCCCCC/C=C\C/C=C\CCCCCCC)COC(OCC[N+](C)(C)C)C(=O)O. The first-order valence-electron chi connectivity index (χ1n) is 30.4. The molecular formula is C66H114NO8+. The summed E-state index contributed by atoms with van der Waals surface area (Å²) in [6.07, 6.45) is 73.4. The van der Waals surface area contributed by atoms with Gasteiger partial charge in [0, 0.05) is 12.8 Å². The van der Waals surface area contributed by atoms with Crippen molar-refractivity contribution in [3.8, 4) is 0 Å². The summed E-state index contributed by atoms with van der Waals surface area (Å²) in [7, 11) is 5.96. The van der Waals surface area contributed by atoms with Crippen LogP contribution in [0.1, 0.15) is 245 Å². The van der Waals surface area contributed by atoms with E-state index in [1.165, 1.54) is 122 Å². The van der Waals surface area contributed by atoms with Gasteiger partial charge >= 0.3 is 17.9 Å². The van der Waals surface area contributed by atoms with Crippen molar-refractivity contribution in [1.82, 2.24) is 0 Å². The van der Waals surface area contributed by atoms with E-state index in [1.807, 2.05) is 21.1 Å². The zero-order valence-corrected chi connectivity index (χ0v) is 48.9. The highest BCUT2D eigenvalue weighted by Crippen LogP contribution is 2.15. The van der Waals surface area contributed by atoms with Gasteiger partial charge in [-0.05, 0) is 96.3 Å². The minimum Gasteiger partial charge on any atom is -0.477 e. The molecule has 0 aromatic rings. The van der Waals surface area contributed by atoms with Gasteiger partial charge in [-0.2, -0.15) is 0 Å². The molecule has 0 aliphatic heterocycles. The Kier molecular flexibility index (Phi) is 53.6. The molecule has 0 rings (SSSR count). The molecule has 0 aliphatic rings. The van der Waals surface area contributed by atoms with E-state index >= 15 is 0 Å². The molecule has 0 radical (unpaired) electrons. The zero-order chi connectivity index (χ0) is 54.8. The van der Waals surface area contributed by atoms with E-state index in [2.05, 4.69) is 111 Å². The first-order chi connectivity index (χ1) is 36.6. The Morgan fingerprint density at radius 1 is 0.413 bits per heavy atom. The normalized spacial score (nSPS) is 13.5. The van der Waals surface area contributed by atoms with E-state index < -0.39 is 24.3 Å². The molecule has 2 unspecified atom stereocenters. The highest BCUT2D eigenvalue weighted by molar-refractivity contribution is 5.71. The third-order valence-corrected chi connectivity index (χ3v) is 12.8. The quantitative estimate of drug-likeness (QED) is 0.0211. The first kappa shape index (κ1) is 71.2. The van der Waals surface area contributed by atoms with Gasteiger partial charge in [0.1, 0.15) is 13.2 Å². The van der Waals surface area contributed by atoms with Gasteiger partial charge in [-0.15, -0.1) is 0 Å². The standard InChI is InChI=1S/C66H113NO8/c1-6-8-10-12-14-16-18-20-22-24-26-28-29-30-31-32-33-34-35-37-39-41-43-45-47-49-51-53-55-57-64(69)75-62(61-74-66(65(70)71)72-59-58-67(3,4)5)60-73-63(68)56-54-52-50-48-46-44-42-40-38-36-27-25-23-21-19-17-15-13-11-9-7-2/h8,10,14,16,19-22,25-28,30-31,33-34,62,66H,6-7,9,11-13,15,17-18,23-24,29,32,35-61H2,1-5H3/p+1/b10-8-,16-14-,21-19-,22-20-,27-25-,28-26-,31-30-,34-33-. The number of carboxylic acid groups (broad SMARTS) is 1. The van der Waals surface area contributed by atoms with Crippen LogP contribution in [0.15, 0.2) is 97.2 Å². The van der Waals surface area contributed by atoms with Crippen LogP contribution in [-0.2, 0) is 33.3 Å². The fourth-order valence-corrected chi connectivity index (χ4v) is 8.16. The van der Waals surface area contributed by atoms with Gasteiger partial charge in [-0.25, -0.2) is 4.79 Å². The van der Waals surface area contributed by atoms with E-state index in [1.54, 1.807) is 0 Å². The third-order valence-electron chi connectivity index (χ3n) is 12.8. The minimum atomic E-state index is -1.52. The van der Waals surface area contributed by atoms with Gasteiger partial charge in [0.2, 0.25) is 0 Å². The number of carbonyl (C=O) groups is 3. The number of unbranched alkanes of at least 4 members (excludes halogenated alkanes) is 24. The Bertz CT molecular complexity index is 1550. The van der Waals surface area contributed by atoms with Crippen molar-refractivity contribution in [1.29, 1.82) is 0 Å². The number of ether oxygens (including phenoxy) is 4. The van der Waals surface area contributed by atoms with Gasteiger partial charge in [0.25, 0.3) is 6.29 Å². The van der Waals surface area contributed by atoms with Crippen molar-refractivity contribution in [3.63, 3.8) is 0 Å². The lowest BCUT2D eigenvalue weighted by Crippen LogP contribution is -2.40. The van der Waals surface area contributed by atoms with E-state index in [0.717, 1.165) is 89.9 Å². The lowest BCUT2D eigenvalue weighted by molar-refractivity contribution is -0.870. The summed E-state index contributed by atoms with van der Waals surface area (Å²) >= 11 is 0. The molecule has 430 valence electrons. The van der Waals surface area contributed by atoms with Crippen LogP contribution in [0.4, 0.5) is 0 Å². The number of quaternary nitrogens is 1. The molecule has 1 N–H and O–H groups in total. The summed E-state index contributed by atoms with van der Waals surface area (Å²) in [6, 6.07) is 0. The molecule has 0 spiro atoms. The highest BCUT2D eigenvalue weighted by atomic mass is 16.7. The zero-order valence-electron chi connectivity index (χ0n) is 48.9. The number of hydrogen-bond acceptors (Lipinski definition) is 7. The average Bonchev–Trinajstić information content (AvgIpc) is 3.38. The Morgan fingerprint density at radius 2 is 0.760 bits per heavy atom. The molecule has 0 fully saturated rings. The first-order valence-corrected chi connectivity index (χ1v) is 30.4. The molecule has 0 saturated carbocycles. The average molecular weight is 1050 g/mol.